The molecule has 0 spiro atoms. The number of piperidine rings is 1. The summed E-state index contributed by atoms with van der Waals surface area (Å²) in [7, 11) is 0. The molecule has 1 aromatic heterocycles. The van der Waals surface area contributed by atoms with Crippen LogP contribution in [0.1, 0.15) is 24.1 Å². The highest BCUT2D eigenvalue weighted by Crippen LogP contribution is 2.21. The summed E-state index contributed by atoms with van der Waals surface area (Å²) in [4.78, 5) is 4.07. The molecule has 0 aromatic carbocycles. The van der Waals surface area contributed by atoms with Gasteiger partial charge in [0.05, 0.1) is 0 Å². The minimum Gasteiger partial charge on any atom is -0.330 e. The van der Waals surface area contributed by atoms with Crippen LogP contribution in [-0.2, 0) is 6.54 Å². The van der Waals surface area contributed by atoms with Crippen molar-refractivity contribution in [1.29, 1.82) is 0 Å². The third kappa shape index (κ3) is 4.06. The molecule has 1 fully saturated rings. The maximum Gasteiger partial charge on any atom is 0.0328 e. The van der Waals surface area contributed by atoms with E-state index in [-0.39, 0.29) is 12.4 Å². The van der Waals surface area contributed by atoms with E-state index in [4.69, 9.17) is 5.73 Å². The molecule has 0 radical (unpaired) electrons. The van der Waals surface area contributed by atoms with Gasteiger partial charge in [0.2, 0.25) is 0 Å². The molecule has 1 atom stereocenters. The first-order chi connectivity index (χ1) is 7.38. The number of rotatable bonds is 4. The number of nitrogens with two attached hydrogens (primary N) is 1. The lowest BCUT2D eigenvalue weighted by atomic mass is 9.95. The van der Waals surface area contributed by atoms with Gasteiger partial charge in [0.1, 0.15) is 0 Å². The summed E-state index contributed by atoms with van der Waals surface area (Å²) in [6.45, 7) is 4.49. The molecule has 4 heteroatoms. The molecule has 2 N–H and O–H groups in total. The van der Waals surface area contributed by atoms with Gasteiger partial charge in [-0.15, -0.1) is 23.7 Å². The fraction of sp³-hybridized carbons (Fsp3) is 0.667. The molecule has 0 amide bonds. The van der Waals surface area contributed by atoms with Crippen LogP contribution < -0.4 is 5.73 Å². The monoisotopic (exact) mass is 260 g/mol. The van der Waals surface area contributed by atoms with Crippen LogP contribution in [-0.4, -0.2) is 24.5 Å². The zero-order chi connectivity index (χ0) is 10.5. The quantitative estimate of drug-likeness (QED) is 0.902. The Morgan fingerprint density at radius 3 is 3.06 bits per heavy atom. The SMILES string of the molecule is Cl.NCCC1CCCN(Cc2cccs2)C1. The summed E-state index contributed by atoms with van der Waals surface area (Å²) >= 11 is 1.86. The fourth-order valence-corrected chi connectivity index (χ4v) is 3.14. The summed E-state index contributed by atoms with van der Waals surface area (Å²) in [5.74, 6) is 0.837. The highest BCUT2D eigenvalue weighted by atomic mass is 35.5. The van der Waals surface area contributed by atoms with Crippen LogP contribution in [0, 0.1) is 5.92 Å². The van der Waals surface area contributed by atoms with E-state index in [2.05, 4.69) is 22.4 Å². The van der Waals surface area contributed by atoms with Crippen molar-refractivity contribution in [2.45, 2.75) is 25.8 Å². The van der Waals surface area contributed by atoms with Crippen LogP contribution in [0.25, 0.3) is 0 Å². The van der Waals surface area contributed by atoms with E-state index in [0.717, 1.165) is 19.0 Å². The normalized spacial score (nSPS) is 21.7. The van der Waals surface area contributed by atoms with Gasteiger partial charge in [-0.05, 0) is 49.7 Å². The topological polar surface area (TPSA) is 29.3 Å². The van der Waals surface area contributed by atoms with Crippen LogP contribution in [0.5, 0.6) is 0 Å². The van der Waals surface area contributed by atoms with Crippen molar-refractivity contribution in [2.24, 2.45) is 11.7 Å². The van der Waals surface area contributed by atoms with Gasteiger partial charge in [-0.1, -0.05) is 6.07 Å². The molecule has 1 aromatic rings. The Hall–Kier alpha value is -0.0900. The van der Waals surface area contributed by atoms with Gasteiger partial charge in [0, 0.05) is 18.0 Å². The number of likely N-dealkylation sites (tertiary alicyclic amines) is 1. The average Bonchev–Trinajstić information content (AvgIpc) is 2.71. The third-order valence-corrected chi connectivity index (χ3v) is 4.00. The first-order valence-electron chi connectivity index (χ1n) is 5.83. The van der Waals surface area contributed by atoms with E-state index in [1.807, 2.05) is 11.3 Å². The summed E-state index contributed by atoms with van der Waals surface area (Å²) in [6.07, 6.45) is 3.91. The van der Waals surface area contributed by atoms with Crippen molar-refractivity contribution in [3.05, 3.63) is 22.4 Å². The molecule has 1 saturated heterocycles. The Morgan fingerprint density at radius 2 is 2.38 bits per heavy atom. The van der Waals surface area contributed by atoms with Crippen molar-refractivity contribution in [2.75, 3.05) is 19.6 Å². The van der Waals surface area contributed by atoms with E-state index < -0.39 is 0 Å². The Morgan fingerprint density at radius 1 is 1.50 bits per heavy atom. The van der Waals surface area contributed by atoms with Gasteiger partial charge in [0.25, 0.3) is 0 Å². The van der Waals surface area contributed by atoms with E-state index in [1.54, 1.807) is 0 Å². The standard InChI is InChI=1S/C12H20N2S.ClH/c13-6-5-11-3-1-7-14(9-11)10-12-4-2-8-15-12;/h2,4,8,11H,1,3,5-7,9-10,13H2;1H. The predicted molar refractivity (Wildman–Crippen MR) is 73.2 cm³/mol. The molecule has 2 nitrogen and oxygen atoms in total. The summed E-state index contributed by atoms with van der Waals surface area (Å²) in [5, 5.41) is 2.16. The molecular weight excluding hydrogens is 240 g/mol. The molecule has 92 valence electrons. The van der Waals surface area contributed by atoms with Crippen molar-refractivity contribution in [3.63, 3.8) is 0 Å². The summed E-state index contributed by atoms with van der Waals surface area (Å²) in [5.41, 5.74) is 5.62. The van der Waals surface area contributed by atoms with Gasteiger partial charge < -0.3 is 5.73 Å². The number of halogens is 1. The van der Waals surface area contributed by atoms with E-state index in [9.17, 15) is 0 Å². The molecule has 2 heterocycles. The predicted octanol–water partition coefficient (Wildman–Crippen LogP) is 2.73. The van der Waals surface area contributed by atoms with E-state index in [0.29, 0.717) is 0 Å². The van der Waals surface area contributed by atoms with Gasteiger partial charge >= 0.3 is 0 Å². The molecule has 0 bridgehead atoms. The number of hydrogen-bond acceptors (Lipinski definition) is 3. The van der Waals surface area contributed by atoms with E-state index >= 15 is 0 Å². The van der Waals surface area contributed by atoms with Crippen LogP contribution in [0.3, 0.4) is 0 Å². The number of thiophene rings is 1. The maximum absolute atomic E-state index is 5.62. The number of nitrogens with zero attached hydrogens (tertiary/aromatic N) is 1. The second kappa shape index (κ2) is 7.28. The Kier molecular flexibility index (Phi) is 6.36. The van der Waals surface area contributed by atoms with Gasteiger partial charge in [-0.25, -0.2) is 0 Å². The number of hydrogen-bond donors (Lipinski definition) is 1. The molecule has 1 aliphatic rings. The van der Waals surface area contributed by atoms with Gasteiger partial charge in [0.15, 0.2) is 0 Å². The minimum atomic E-state index is 0. The Balaban J connectivity index is 0.00000128. The van der Waals surface area contributed by atoms with Crippen LogP contribution >= 0.6 is 23.7 Å². The van der Waals surface area contributed by atoms with Crippen LogP contribution in [0.2, 0.25) is 0 Å². The largest absolute Gasteiger partial charge is 0.330 e. The molecule has 0 aliphatic carbocycles. The van der Waals surface area contributed by atoms with Crippen molar-refractivity contribution in [1.82, 2.24) is 4.90 Å². The Bertz CT molecular complexity index is 275. The van der Waals surface area contributed by atoms with Gasteiger partial charge in [-0.3, -0.25) is 4.90 Å². The highest BCUT2D eigenvalue weighted by Gasteiger charge is 2.19. The smallest absolute Gasteiger partial charge is 0.0328 e. The first-order valence-corrected chi connectivity index (χ1v) is 6.71. The molecule has 16 heavy (non-hydrogen) atoms. The first kappa shape index (κ1) is 14.0. The van der Waals surface area contributed by atoms with Crippen molar-refractivity contribution in [3.8, 4) is 0 Å². The molecule has 1 aliphatic heterocycles. The molecule has 1 unspecified atom stereocenters. The highest BCUT2D eigenvalue weighted by molar-refractivity contribution is 7.09. The van der Waals surface area contributed by atoms with Crippen LogP contribution in [0.15, 0.2) is 17.5 Å². The van der Waals surface area contributed by atoms with Crippen LogP contribution in [0.4, 0.5) is 0 Å². The minimum absolute atomic E-state index is 0. The summed E-state index contributed by atoms with van der Waals surface area (Å²) in [6, 6.07) is 4.37. The van der Waals surface area contributed by atoms with Crippen molar-refractivity contribution < 1.29 is 0 Å². The molecule has 2 rings (SSSR count). The van der Waals surface area contributed by atoms with Crippen molar-refractivity contribution >= 4 is 23.7 Å². The average molecular weight is 261 g/mol. The van der Waals surface area contributed by atoms with Gasteiger partial charge in [-0.2, -0.15) is 0 Å². The molecular formula is C12H21ClN2S. The lowest BCUT2D eigenvalue weighted by molar-refractivity contribution is 0.164. The second-order valence-electron chi connectivity index (χ2n) is 4.40. The fourth-order valence-electron chi connectivity index (χ4n) is 2.39. The van der Waals surface area contributed by atoms with E-state index in [1.165, 1.54) is 37.2 Å². The third-order valence-electron chi connectivity index (χ3n) is 3.14. The lowest BCUT2D eigenvalue weighted by Gasteiger charge is -2.32. The Labute approximate surface area is 108 Å². The maximum atomic E-state index is 5.62. The second-order valence-corrected chi connectivity index (χ2v) is 5.43. The molecule has 0 saturated carbocycles. The zero-order valence-corrected chi connectivity index (χ0v) is 11.2. The zero-order valence-electron chi connectivity index (χ0n) is 9.60. The summed E-state index contributed by atoms with van der Waals surface area (Å²) < 4.78 is 0. The lowest BCUT2D eigenvalue weighted by Crippen LogP contribution is -2.35.